The standard InChI is InChI=1S/C12H21NOS/c1-11(4-2-3-5-11)13-10(14)8-12(9-15)6-7-12/h15H,2-9H2,1H3,(H,13,14). The van der Waals surface area contributed by atoms with Crippen molar-refractivity contribution in [1.82, 2.24) is 5.32 Å². The summed E-state index contributed by atoms with van der Waals surface area (Å²) >= 11 is 4.33. The SMILES string of the molecule is CC1(NC(=O)CC2(CS)CC2)CCCC1. The Morgan fingerprint density at radius 2 is 1.87 bits per heavy atom. The van der Waals surface area contributed by atoms with E-state index in [1.165, 1.54) is 25.7 Å². The van der Waals surface area contributed by atoms with E-state index in [0.717, 1.165) is 18.6 Å². The van der Waals surface area contributed by atoms with Crippen LogP contribution in [-0.4, -0.2) is 17.2 Å². The Balaban J connectivity index is 1.82. The molecule has 1 amide bonds. The van der Waals surface area contributed by atoms with Crippen LogP contribution in [0.15, 0.2) is 0 Å². The zero-order chi connectivity index (χ0) is 10.9. The highest BCUT2D eigenvalue weighted by Gasteiger charge is 2.43. The highest BCUT2D eigenvalue weighted by Crippen LogP contribution is 2.49. The first-order chi connectivity index (χ1) is 7.08. The van der Waals surface area contributed by atoms with Crippen LogP contribution in [0.25, 0.3) is 0 Å². The van der Waals surface area contributed by atoms with Gasteiger partial charge >= 0.3 is 0 Å². The number of rotatable bonds is 4. The van der Waals surface area contributed by atoms with Gasteiger partial charge in [0.1, 0.15) is 0 Å². The second-order valence-electron chi connectivity index (χ2n) is 5.65. The van der Waals surface area contributed by atoms with Crippen LogP contribution in [0.1, 0.15) is 51.9 Å². The van der Waals surface area contributed by atoms with E-state index < -0.39 is 0 Å². The Hall–Kier alpha value is -0.180. The molecule has 0 saturated heterocycles. The van der Waals surface area contributed by atoms with Crippen molar-refractivity contribution in [2.45, 2.75) is 57.4 Å². The molecule has 2 nitrogen and oxygen atoms in total. The van der Waals surface area contributed by atoms with Crippen molar-refractivity contribution in [1.29, 1.82) is 0 Å². The fraction of sp³-hybridized carbons (Fsp3) is 0.917. The Morgan fingerprint density at radius 3 is 2.33 bits per heavy atom. The highest BCUT2D eigenvalue weighted by molar-refractivity contribution is 7.80. The molecule has 0 aliphatic heterocycles. The Bertz CT molecular complexity index is 254. The van der Waals surface area contributed by atoms with Gasteiger partial charge in [0, 0.05) is 12.0 Å². The molecule has 86 valence electrons. The van der Waals surface area contributed by atoms with Crippen molar-refractivity contribution in [3.05, 3.63) is 0 Å². The van der Waals surface area contributed by atoms with E-state index in [1.54, 1.807) is 0 Å². The van der Waals surface area contributed by atoms with E-state index >= 15 is 0 Å². The van der Waals surface area contributed by atoms with Crippen molar-refractivity contribution in [2.24, 2.45) is 5.41 Å². The molecule has 15 heavy (non-hydrogen) atoms. The molecule has 1 N–H and O–H groups in total. The summed E-state index contributed by atoms with van der Waals surface area (Å²) in [7, 11) is 0. The second kappa shape index (κ2) is 4.00. The summed E-state index contributed by atoms with van der Waals surface area (Å²) in [5.41, 5.74) is 0.339. The minimum absolute atomic E-state index is 0.0871. The van der Waals surface area contributed by atoms with Gasteiger partial charge < -0.3 is 5.32 Å². The first kappa shape index (κ1) is 11.3. The molecule has 0 aromatic heterocycles. The molecule has 0 spiro atoms. The monoisotopic (exact) mass is 227 g/mol. The van der Waals surface area contributed by atoms with Crippen LogP contribution in [0.3, 0.4) is 0 Å². The maximum absolute atomic E-state index is 11.9. The Kier molecular flexibility index (Phi) is 3.02. The molecule has 2 rings (SSSR count). The van der Waals surface area contributed by atoms with Gasteiger partial charge in [0.2, 0.25) is 5.91 Å². The molecular weight excluding hydrogens is 206 g/mol. The lowest BCUT2D eigenvalue weighted by Gasteiger charge is -2.26. The highest BCUT2D eigenvalue weighted by atomic mass is 32.1. The third-order valence-corrected chi connectivity index (χ3v) is 4.65. The van der Waals surface area contributed by atoms with Crippen LogP contribution in [-0.2, 0) is 4.79 Å². The average Bonchev–Trinajstić information content (AvgIpc) is 2.82. The van der Waals surface area contributed by atoms with Gasteiger partial charge in [-0.3, -0.25) is 4.79 Å². The molecule has 0 aromatic rings. The summed E-state index contributed by atoms with van der Waals surface area (Å²) in [6.07, 6.45) is 7.86. The van der Waals surface area contributed by atoms with Crippen LogP contribution in [0.4, 0.5) is 0 Å². The van der Waals surface area contributed by atoms with Crippen molar-refractivity contribution >= 4 is 18.5 Å². The lowest BCUT2D eigenvalue weighted by molar-refractivity contribution is -0.123. The quantitative estimate of drug-likeness (QED) is 0.710. The van der Waals surface area contributed by atoms with Gasteiger partial charge in [0.15, 0.2) is 0 Å². The van der Waals surface area contributed by atoms with E-state index in [2.05, 4.69) is 24.9 Å². The zero-order valence-corrected chi connectivity index (χ0v) is 10.4. The maximum atomic E-state index is 11.9. The van der Waals surface area contributed by atoms with Gasteiger partial charge in [0.05, 0.1) is 0 Å². The number of hydrogen-bond acceptors (Lipinski definition) is 2. The predicted octanol–water partition coefficient (Wildman–Crippen LogP) is 2.54. The molecule has 2 aliphatic carbocycles. The van der Waals surface area contributed by atoms with Crippen LogP contribution in [0, 0.1) is 5.41 Å². The number of carbonyl (C=O) groups is 1. The summed E-state index contributed by atoms with van der Waals surface area (Å²) < 4.78 is 0. The molecule has 2 fully saturated rings. The molecule has 0 bridgehead atoms. The lowest BCUT2D eigenvalue weighted by atomic mass is 9.98. The first-order valence-electron chi connectivity index (χ1n) is 6.00. The minimum atomic E-state index is 0.0871. The molecule has 2 aliphatic rings. The number of amides is 1. The van der Waals surface area contributed by atoms with Gasteiger partial charge in [-0.25, -0.2) is 0 Å². The fourth-order valence-corrected chi connectivity index (χ4v) is 3.00. The van der Waals surface area contributed by atoms with Gasteiger partial charge in [-0.15, -0.1) is 0 Å². The van der Waals surface area contributed by atoms with Crippen LogP contribution in [0.2, 0.25) is 0 Å². The van der Waals surface area contributed by atoms with Gasteiger partial charge in [0.25, 0.3) is 0 Å². The van der Waals surface area contributed by atoms with Crippen molar-refractivity contribution in [3.8, 4) is 0 Å². The van der Waals surface area contributed by atoms with Crippen molar-refractivity contribution < 1.29 is 4.79 Å². The summed E-state index contributed by atoms with van der Waals surface area (Å²) in [6.45, 7) is 2.18. The topological polar surface area (TPSA) is 29.1 Å². The molecular formula is C12H21NOS. The largest absolute Gasteiger partial charge is 0.351 e. The molecule has 0 atom stereocenters. The molecule has 3 heteroatoms. The summed E-state index contributed by atoms with van der Waals surface area (Å²) in [5.74, 6) is 1.10. The molecule has 0 heterocycles. The minimum Gasteiger partial charge on any atom is -0.351 e. The molecule has 2 saturated carbocycles. The van der Waals surface area contributed by atoms with E-state index in [-0.39, 0.29) is 16.9 Å². The number of carbonyl (C=O) groups excluding carboxylic acids is 1. The number of hydrogen-bond donors (Lipinski definition) is 2. The number of nitrogens with one attached hydrogen (secondary N) is 1. The molecule has 0 unspecified atom stereocenters. The number of thiol groups is 1. The van der Waals surface area contributed by atoms with E-state index in [4.69, 9.17) is 0 Å². The van der Waals surface area contributed by atoms with Crippen molar-refractivity contribution in [3.63, 3.8) is 0 Å². The van der Waals surface area contributed by atoms with E-state index in [9.17, 15) is 4.79 Å². The average molecular weight is 227 g/mol. The predicted molar refractivity (Wildman–Crippen MR) is 65.2 cm³/mol. The van der Waals surface area contributed by atoms with Crippen molar-refractivity contribution in [2.75, 3.05) is 5.75 Å². The summed E-state index contributed by atoms with van der Waals surface area (Å²) in [5, 5.41) is 3.21. The summed E-state index contributed by atoms with van der Waals surface area (Å²) in [6, 6.07) is 0. The van der Waals surface area contributed by atoms with Gasteiger partial charge in [-0.05, 0) is 43.8 Å². The normalized spacial score (nSPS) is 26.3. The Labute approximate surface area is 97.6 Å². The smallest absolute Gasteiger partial charge is 0.221 e. The summed E-state index contributed by atoms with van der Waals surface area (Å²) in [4.78, 5) is 11.9. The van der Waals surface area contributed by atoms with Crippen LogP contribution in [0.5, 0.6) is 0 Å². The third-order valence-electron chi connectivity index (χ3n) is 3.98. The Morgan fingerprint density at radius 1 is 1.27 bits per heavy atom. The maximum Gasteiger partial charge on any atom is 0.221 e. The van der Waals surface area contributed by atoms with Crippen LogP contribution >= 0.6 is 12.6 Å². The van der Waals surface area contributed by atoms with E-state index in [0.29, 0.717) is 6.42 Å². The third kappa shape index (κ3) is 2.68. The molecule has 0 radical (unpaired) electrons. The molecule has 0 aromatic carbocycles. The fourth-order valence-electron chi connectivity index (χ4n) is 2.57. The van der Waals surface area contributed by atoms with Gasteiger partial charge in [-0.1, -0.05) is 12.8 Å². The zero-order valence-electron chi connectivity index (χ0n) is 9.51. The van der Waals surface area contributed by atoms with E-state index in [1.807, 2.05) is 0 Å². The van der Waals surface area contributed by atoms with Crippen LogP contribution < -0.4 is 5.32 Å². The first-order valence-corrected chi connectivity index (χ1v) is 6.63. The second-order valence-corrected chi connectivity index (χ2v) is 5.97. The lowest BCUT2D eigenvalue weighted by Crippen LogP contribution is -2.44. The van der Waals surface area contributed by atoms with Gasteiger partial charge in [-0.2, -0.15) is 12.6 Å².